The maximum atomic E-state index is 14.0. The number of nitrogens with one attached hydrogen (secondary N) is 2. The van der Waals surface area contributed by atoms with Crippen molar-refractivity contribution >= 4 is 17.7 Å². The second-order valence-corrected chi connectivity index (χ2v) is 7.00. The van der Waals surface area contributed by atoms with E-state index in [1.807, 2.05) is 11.8 Å². The van der Waals surface area contributed by atoms with Gasteiger partial charge < -0.3 is 15.5 Å². The zero-order valence-electron chi connectivity index (χ0n) is 13.4. The molecule has 1 aromatic carbocycles. The fourth-order valence-corrected chi connectivity index (χ4v) is 3.58. The number of carbonyl (C=O) groups excluding carboxylic acids is 1. The molecule has 2 rings (SSSR count). The molecule has 7 heteroatoms. The summed E-state index contributed by atoms with van der Waals surface area (Å²) in [5.41, 5.74) is -0.0100. The van der Waals surface area contributed by atoms with Crippen LogP contribution in [0.25, 0.3) is 0 Å². The average Bonchev–Trinajstić information content (AvgIpc) is 2.50. The second kappa shape index (κ2) is 8.61. The number of amides is 1. The molecule has 2 unspecified atom stereocenters. The normalized spacial score (nSPS) is 19.6. The van der Waals surface area contributed by atoms with Gasteiger partial charge in [-0.15, -0.1) is 0 Å². The highest BCUT2D eigenvalue weighted by Crippen LogP contribution is 2.24. The number of nitrogens with zero attached hydrogens (tertiary/aromatic N) is 1. The summed E-state index contributed by atoms with van der Waals surface area (Å²) in [6.07, 6.45) is 0.382. The standard InChI is InChI=1S/C16H23F2N3OS/c1-21(2)14(16-12(17)4-3-5-13(16)18)9-20-15(22)8-11-10-23-7-6-19-11/h3-5,11,14,19H,6-10H2,1-2H3,(H,20,22). The molecule has 1 amide bonds. The van der Waals surface area contributed by atoms with E-state index in [0.717, 1.165) is 18.1 Å². The van der Waals surface area contributed by atoms with Gasteiger partial charge in [0.15, 0.2) is 0 Å². The molecule has 128 valence electrons. The molecule has 23 heavy (non-hydrogen) atoms. The first kappa shape index (κ1) is 18.2. The Morgan fingerprint density at radius 2 is 2.13 bits per heavy atom. The lowest BCUT2D eigenvalue weighted by atomic mass is 10.0. The van der Waals surface area contributed by atoms with Crippen molar-refractivity contribution in [2.24, 2.45) is 0 Å². The maximum absolute atomic E-state index is 14.0. The van der Waals surface area contributed by atoms with E-state index >= 15 is 0 Å². The van der Waals surface area contributed by atoms with Crippen molar-refractivity contribution in [3.8, 4) is 0 Å². The molecule has 0 aliphatic carbocycles. The largest absolute Gasteiger partial charge is 0.354 e. The lowest BCUT2D eigenvalue weighted by Crippen LogP contribution is -2.42. The van der Waals surface area contributed by atoms with Gasteiger partial charge >= 0.3 is 0 Å². The van der Waals surface area contributed by atoms with Crippen LogP contribution in [0, 0.1) is 11.6 Å². The topological polar surface area (TPSA) is 44.4 Å². The maximum Gasteiger partial charge on any atom is 0.221 e. The van der Waals surface area contributed by atoms with Crippen LogP contribution in [0.3, 0.4) is 0 Å². The van der Waals surface area contributed by atoms with E-state index in [4.69, 9.17) is 0 Å². The molecular weight excluding hydrogens is 320 g/mol. The van der Waals surface area contributed by atoms with E-state index < -0.39 is 17.7 Å². The first-order valence-corrected chi connectivity index (χ1v) is 8.82. The third-order valence-electron chi connectivity index (χ3n) is 3.88. The molecule has 0 spiro atoms. The Morgan fingerprint density at radius 1 is 1.43 bits per heavy atom. The Hall–Kier alpha value is -1.18. The molecule has 4 nitrogen and oxygen atoms in total. The quantitative estimate of drug-likeness (QED) is 0.826. The highest BCUT2D eigenvalue weighted by atomic mass is 32.2. The van der Waals surface area contributed by atoms with Crippen molar-refractivity contribution in [1.29, 1.82) is 0 Å². The highest BCUT2D eigenvalue weighted by Gasteiger charge is 2.23. The first-order chi connectivity index (χ1) is 11.0. The predicted octanol–water partition coefficient (Wildman–Crippen LogP) is 1.78. The summed E-state index contributed by atoms with van der Waals surface area (Å²) in [4.78, 5) is 13.8. The van der Waals surface area contributed by atoms with E-state index in [9.17, 15) is 13.6 Å². The molecule has 2 N–H and O–H groups in total. The van der Waals surface area contributed by atoms with Gasteiger partial charge in [0.2, 0.25) is 5.91 Å². The molecule has 1 aliphatic heterocycles. The van der Waals surface area contributed by atoms with Crippen molar-refractivity contribution in [1.82, 2.24) is 15.5 Å². The molecule has 1 heterocycles. The van der Waals surface area contributed by atoms with Gasteiger partial charge in [-0.25, -0.2) is 8.78 Å². The lowest BCUT2D eigenvalue weighted by Gasteiger charge is -2.27. The van der Waals surface area contributed by atoms with Crippen LogP contribution < -0.4 is 10.6 Å². The van der Waals surface area contributed by atoms with Crippen LogP contribution in [0.2, 0.25) is 0 Å². The van der Waals surface area contributed by atoms with Crippen LogP contribution in [0.4, 0.5) is 8.78 Å². The zero-order valence-corrected chi connectivity index (χ0v) is 14.3. The van der Waals surface area contributed by atoms with Gasteiger partial charge in [-0.05, 0) is 26.2 Å². The summed E-state index contributed by atoms with van der Waals surface area (Å²) in [5, 5.41) is 6.10. The molecular formula is C16H23F2N3OS. The Kier molecular flexibility index (Phi) is 6.80. The minimum atomic E-state index is -0.594. The SMILES string of the molecule is CN(C)C(CNC(=O)CC1CSCCN1)c1c(F)cccc1F. The predicted molar refractivity (Wildman–Crippen MR) is 89.5 cm³/mol. The van der Waals surface area contributed by atoms with E-state index in [1.165, 1.54) is 18.2 Å². The zero-order chi connectivity index (χ0) is 16.8. The summed E-state index contributed by atoms with van der Waals surface area (Å²) in [6, 6.07) is 3.43. The number of rotatable bonds is 6. The van der Waals surface area contributed by atoms with Crippen LogP contribution in [0.5, 0.6) is 0 Å². The van der Waals surface area contributed by atoms with Crippen LogP contribution in [-0.4, -0.2) is 55.5 Å². The van der Waals surface area contributed by atoms with Crippen molar-refractivity contribution in [3.63, 3.8) is 0 Å². The minimum absolute atomic E-state index is 0.0100. The molecule has 0 radical (unpaired) electrons. The fraction of sp³-hybridized carbons (Fsp3) is 0.562. The number of carbonyl (C=O) groups is 1. The van der Waals surface area contributed by atoms with E-state index in [1.54, 1.807) is 19.0 Å². The molecule has 2 atom stereocenters. The Bertz CT molecular complexity index is 516. The van der Waals surface area contributed by atoms with Crippen LogP contribution in [-0.2, 0) is 4.79 Å². The number of benzene rings is 1. The molecule has 0 saturated carbocycles. The number of halogens is 2. The van der Waals surface area contributed by atoms with Crippen LogP contribution in [0.1, 0.15) is 18.0 Å². The van der Waals surface area contributed by atoms with Gasteiger partial charge in [-0.1, -0.05) is 6.07 Å². The Balaban J connectivity index is 1.96. The van der Waals surface area contributed by atoms with Gasteiger partial charge in [0.05, 0.1) is 6.04 Å². The summed E-state index contributed by atoms with van der Waals surface area (Å²) in [7, 11) is 3.48. The van der Waals surface area contributed by atoms with Gasteiger partial charge in [0.1, 0.15) is 11.6 Å². The van der Waals surface area contributed by atoms with Crippen molar-refractivity contribution < 1.29 is 13.6 Å². The number of hydrogen-bond donors (Lipinski definition) is 2. The number of thioether (sulfide) groups is 1. The van der Waals surface area contributed by atoms with E-state index in [0.29, 0.717) is 6.42 Å². The third kappa shape index (κ3) is 5.16. The molecule has 1 saturated heterocycles. The highest BCUT2D eigenvalue weighted by molar-refractivity contribution is 7.99. The minimum Gasteiger partial charge on any atom is -0.354 e. The van der Waals surface area contributed by atoms with Crippen LogP contribution >= 0.6 is 11.8 Å². The third-order valence-corrected chi connectivity index (χ3v) is 5.01. The Morgan fingerprint density at radius 3 is 2.70 bits per heavy atom. The molecule has 0 bridgehead atoms. The smallest absolute Gasteiger partial charge is 0.221 e. The van der Waals surface area contributed by atoms with Crippen LogP contribution in [0.15, 0.2) is 18.2 Å². The monoisotopic (exact) mass is 343 g/mol. The van der Waals surface area contributed by atoms with E-state index in [2.05, 4.69) is 10.6 Å². The van der Waals surface area contributed by atoms with Gasteiger partial charge in [0.25, 0.3) is 0 Å². The Labute approximate surface area is 140 Å². The average molecular weight is 343 g/mol. The summed E-state index contributed by atoms with van der Waals surface area (Å²) < 4.78 is 27.9. The van der Waals surface area contributed by atoms with Gasteiger partial charge in [-0.2, -0.15) is 11.8 Å². The molecule has 1 aromatic rings. The molecule has 0 aromatic heterocycles. The second-order valence-electron chi connectivity index (χ2n) is 5.85. The van der Waals surface area contributed by atoms with Gasteiger partial charge in [-0.3, -0.25) is 4.79 Å². The summed E-state index contributed by atoms with van der Waals surface area (Å²) in [5.74, 6) is 0.681. The summed E-state index contributed by atoms with van der Waals surface area (Å²) >= 11 is 1.83. The van der Waals surface area contributed by atoms with Crippen molar-refractivity contribution in [3.05, 3.63) is 35.4 Å². The van der Waals surface area contributed by atoms with Crippen molar-refractivity contribution in [2.45, 2.75) is 18.5 Å². The van der Waals surface area contributed by atoms with E-state index in [-0.39, 0.29) is 24.1 Å². The molecule has 1 aliphatic rings. The van der Waals surface area contributed by atoms with Crippen molar-refractivity contribution in [2.75, 3.05) is 38.7 Å². The number of hydrogen-bond acceptors (Lipinski definition) is 4. The fourth-order valence-electron chi connectivity index (χ4n) is 2.63. The first-order valence-electron chi connectivity index (χ1n) is 7.67. The lowest BCUT2D eigenvalue weighted by molar-refractivity contribution is -0.121. The number of likely N-dealkylation sites (N-methyl/N-ethyl adjacent to an activating group) is 1. The van der Waals surface area contributed by atoms with Gasteiger partial charge in [0, 0.05) is 42.6 Å². The molecule has 1 fully saturated rings. The summed E-state index contributed by atoms with van der Waals surface area (Å²) in [6.45, 7) is 1.08.